The molecule has 0 aromatic heterocycles. The van der Waals surface area contributed by atoms with Gasteiger partial charge in [-0.2, -0.15) is 0 Å². The zero-order chi connectivity index (χ0) is 10.4. The van der Waals surface area contributed by atoms with Crippen LogP contribution in [0.2, 0.25) is 0 Å². The quantitative estimate of drug-likeness (QED) is 0.724. The molecule has 0 saturated heterocycles. The smallest absolute Gasteiger partial charge is 0.412 e. The number of hydrogen-bond donors (Lipinski definition) is 1. The molecule has 3 nitrogen and oxygen atoms in total. The number of hydrogen-bond acceptors (Lipinski definition) is 2. The van der Waals surface area contributed by atoms with E-state index < -0.39 is 6.09 Å². The Morgan fingerprint density at radius 2 is 2.43 bits per heavy atom. The van der Waals surface area contributed by atoms with Gasteiger partial charge in [0.2, 0.25) is 0 Å². The Morgan fingerprint density at radius 3 is 3.07 bits per heavy atom. The first-order chi connectivity index (χ1) is 6.72. The van der Waals surface area contributed by atoms with Gasteiger partial charge in [-0.25, -0.2) is 4.79 Å². The largest absolute Gasteiger partial charge is 0.436 e. The number of terminal acetylenes is 1. The highest BCUT2D eigenvalue weighted by atomic mass is 16.5. The van der Waals surface area contributed by atoms with Crippen molar-refractivity contribution in [3.05, 3.63) is 29.8 Å². The lowest BCUT2D eigenvalue weighted by molar-refractivity contribution is 0.176. The number of carbonyl (C=O) groups is 1. The van der Waals surface area contributed by atoms with Crippen molar-refractivity contribution in [3.63, 3.8) is 0 Å². The molecule has 0 aliphatic carbocycles. The number of nitrogens with one attached hydrogen (secondary N) is 1. The molecule has 0 aliphatic heterocycles. The van der Waals surface area contributed by atoms with E-state index in [9.17, 15) is 4.79 Å². The average Bonchev–Trinajstić information content (AvgIpc) is 2.15. The van der Waals surface area contributed by atoms with Crippen LogP contribution in [-0.4, -0.2) is 12.7 Å². The van der Waals surface area contributed by atoms with E-state index >= 15 is 0 Å². The number of aryl methyl sites for hydroxylation is 1. The SMILES string of the molecule is C#CCOC(=O)Nc1cccc(C)c1. The first-order valence-corrected chi connectivity index (χ1v) is 4.16. The fourth-order valence-corrected chi connectivity index (χ4v) is 0.984. The summed E-state index contributed by atoms with van der Waals surface area (Å²) < 4.78 is 4.65. The van der Waals surface area contributed by atoms with Crippen LogP contribution >= 0.6 is 0 Å². The molecule has 0 aliphatic rings. The highest BCUT2D eigenvalue weighted by Crippen LogP contribution is 2.09. The number of carbonyl (C=O) groups excluding carboxylic acids is 1. The summed E-state index contributed by atoms with van der Waals surface area (Å²) in [6, 6.07) is 7.42. The summed E-state index contributed by atoms with van der Waals surface area (Å²) in [5.41, 5.74) is 1.77. The van der Waals surface area contributed by atoms with Gasteiger partial charge in [0.25, 0.3) is 0 Å². The van der Waals surface area contributed by atoms with Gasteiger partial charge in [-0.3, -0.25) is 5.32 Å². The van der Waals surface area contributed by atoms with Crippen molar-refractivity contribution < 1.29 is 9.53 Å². The van der Waals surface area contributed by atoms with Crippen molar-refractivity contribution in [2.24, 2.45) is 0 Å². The first-order valence-electron chi connectivity index (χ1n) is 4.16. The molecule has 0 bridgehead atoms. The van der Waals surface area contributed by atoms with Gasteiger partial charge in [0.05, 0.1) is 0 Å². The molecule has 0 fully saturated rings. The van der Waals surface area contributed by atoms with Gasteiger partial charge in [-0.15, -0.1) is 6.42 Å². The Bertz CT molecular complexity index is 366. The lowest BCUT2D eigenvalue weighted by Gasteiger charge is -2.04. The van der Waals surface area contributed by atoms with Crippen molar-refractivity contribution in [1.29, 1.82) is 0 Å². The molecule has 1 aromatic carbocycles. The maximum Gasteiger partial charge on any atom is 0.412 e. The van der Waals surface area contributed by atoms with E-state index in [1.807, 2.05) is 25.1 Å². The van der Waals surface area contributed by atoms with Crippen LogP contribution in [0.1, 0.15) is 5.56 Å². The fourth-order valence-electron chi connectivity index (χ4n) is 0.984. The molecule has 1 rings (SSSR count). The van der Waals surface area contributed by atoms with Gasteiger partial charge in [-0.1, -0.05) is 18.1 Å². The van der Waals surface area contributed by atoms with Crippen molar-refractivity contribution >= 4 is 11.8 Å². The number of amides is 1. The molecule has 0 heterocycles. The van der Waals surface area contributed by atoms with E-state index in [0.717, 1.165) is 5.56 Å². The van der Waals surface area contributed by atoms with Crippen molar-refractivity contribution in [1.82, 2.24) is 0 Å². The Hall–Kier alpha value is -1.95. The zero-order valence-electron chi connectivity index (χ0n) is 7.91. The third-order valence-electron chi connectivity index (χ3n) is 1.55. The minimum absolute atomic E-state index is 0.0162. The van der Waals surface area contributed by atoms with E-state index in [2.05, 4.69) is 16.0 Å². The van der Waals surface area contributed by atoms with E-state index in [1.54, 1.807) is 6.07 Å². The van der Waals surface area contributed by atoms with Crippen LogP contribution in [0.3, 0.4) is 0 Å². The van der Waals surface area contributed by atoms with Gasteiger partial charge in [0.1, 0.15) is 0 Å². The second-order valence-electron chi connectivity index (χ2n) is 2.77. The van der Waals surface area contributed by atoms with Crippen molar-refractivity contribution in [2.75, 3.05) is 11.9 Å². The van der Waals surface area contributed by atoms with E-state index in [1.165, 1.54) is 0 Å². The highest BCUT2D eigenvalue weighted by molar-refractivity contribution is 5.84. The predicted octanol–water partition coefficient (Wildman–Crippen LogP) is 2.18. The van der Waals surface area contributed by atoms with Crippen LogP contribution in [-0.2, 0) is 4.74 Å². The molecule has 0 spiro atoms. The van der Waals surface area contributed by atoms with Crippen molar-refractivity contribution in [3.8, 4) is 12.3 Å². The van der Waals surface area contributed by atoms with Crippen LogP contribution in [0.15, 0.2) is 24.3 Å². The fraction of sp³-hybridized carbons (Fsp3) is 0.182. The summed E-state index contributed by atoms with van der Waals surface area (Å²) in [7, 11) is 0. The number of rotatable bonds is 2. The Labute approximate surface area is 83.1 Å². The van der Waals surface area contributed by atoms with E-state index in [-0.39, 0.29) is 6.61 Å². The molecule has 3 heteroatoms. The standard InChI is InChI=1S/C11H11NO2/c1-3-7-14-11(13)12-10-6-4-5-9(2)8-10/h1,4-6,8H,7H2,2H3,(H,12,13). The van der Waals surface area contributed by atoms with Crippen molar-refractivity contribution in [2.45, 2.75) is 6.92 Å². The minimum Gasteiger partial charge on any atom is -0.436 e. The van der Waals surface area contributed by atoms with Gasteiger partial charge < -0.3 is 4.74 Å². The zero-order valence-corrected chi connectivity index (χ0v) is 7.91. The molecule has 0 radical (unpaired) electrons. The maximum atomic E-state index is 11.1. The number of benzene rings is 1. The molecular weight excluding hydrogens is 178 g/mol. The second-order valence-corrected chi connectivity index (χ2v) is 2.77. The summed E-state index contributed by atoms with van der Waals surface area (Å²) in [4.78, 5) is 11.1. The van der Waals surface area contributed by atoms with Gasteiger partial charge in [0.15, 0.2) is 6.61 Å². The Morgan fingerprint density at radius 1 is 1.64 bits per heavy atom. The summed E-state index contributed by atoms with van der Waals surface area (Å²) in [6.45, 7) is 1.93. The Balaban J connectivity index is 2.53. The van der Waals surface area contributed by atoms with Crippen LogP contribution in [0, 0.1) is 19.3 Å². The monoisotopic (exact) mass is 189 g/mol. The highest BCUT2D eigenvalue weighted by Gasteiger charge is 2.00. The van der Waals surface area contributed by atoms with Crippen LogP contribution in [0.25, 0.3) is 0 Å². The molecule has 72 valence electrons. The molecule has 1 aromatic rings. The van der Waals surface area contributed by atoms with Crippen LogP contribution < -0.4 is 5.32 Å². The van der Waals surface area contributed by atoms with Crippen LogP contribution in [0.5, 0.6) is 0 Å². The number of anilines is 1. The lowest BCUT2D eigenvalue weighted by atomic mass is 10.2. The van der Waals surface area contributed by atoms with E-state index in [4.69, 9.17) is 6.42 Å². The van der Waals surface area contributed by atoms with Crippen LogP contribution in [0.4, 0.5) is 10.5 Å². The first kappa shape index (κ1) is 10.1. The third-order valence-corrected chi connectivity index (χ3v) is 1.55. The lowest BCUT2D eigenvalue weighted by Crippen LogP contribution is -2.13. The summed E-state index contributed by atoms with van der Waals surface area (Å²) in [6.07, 6.45) is 4.41. The minimum atomic E-state index is -0.534. The predicted molar refractivity (Wildman–Crippen MR) is 55.0 cm³/mol. The molecular formula is C11H11NO2. The van der Waals surface area contributed by atoms with Gasteiger partial charge >= 0.3 is 6.09 Å². The molecule has 0 unspecified atom stereocenters. The molecule has 1 N–H and O–H groups in total. The second kappa shape index (κ2) is 4.93. The Kier molecular flexibility index (Phi) is 3.57. The average molecular weight is 189 g/mol. The normalized spacial score (nSPS) is 8.86. The number of ether oxygens (including phenoxy) is 1. The molecule has 0 saturated carbocycles. The van der Waals surface area contributed by atoms with E-state index in [0.29, 0.717) is 5.69 Å². The summed E-state index contributed by atoms with van der Waals surface area (Å²) in [5.74, 6) is 2.21. The topological polar surface area (TPSA) is 38.3 Å². The molecule has 0 atom stereocenters. The summed E-state index contributed by atoms with van der Waals surface area (Å²) in [5, 5.41) is 2.56. The molecule has 1 amide bonds. The summed E-state index contributed by atoms with van der Waals surface area (Å²) >= 11 is 0. The third kappa shape index (κ3) is 3.20. The molecule has 14 heavy (non-hydrogen) atoms. The van der Waals surface area contributed by atoms with Gasteiger partial charge in [0, 0.05) is 5.69 Å². The van der Waals surface area contributed by atoms with Gasteiger partial charge in [-0.05, 0) is 24.6 Å². The maximum absolute atomic E-state index is 11.1.